The summed E-state index contributed by atoms with van der Waals surface area (Å²) in [5, 5.41) is 3.41. The number of carbonyl (C=O) groups is 1. The van der Waals surface area contributed by atoms with Crippen molar-refractivity contribution in [3.8, 4) is 0 Å². The first kappa shape index (κ1) is 13.9. The molecule has 0 spiro atoms. The van der Waals surface area contributed by atoms with Crippen LogP contribution in [0, 0.1) is 0 Å². The Kier molecular flexibility index (Phi) is 4.06. The number of hydrogen-bond acceptors (Lipinski definition) is 3. The fraction of sp³-hybridized carbons (Fsp3) is 0.250. The molecule has 0 saturated carbocycles. The van der Waals surface area contributed by atoms with Crippen molar-refractivity contribution in [1.29, 1.82) is 0 Å². The Morgan fingerprint density at radius 3 is 2.57 bits per heavy atom. The molecule has 1 aromatic heterocycles. The molecule has 1 aliphatic rings. The van der Waals surface area contributed by atoms with Crippen LogP contribution in [0.4, 0.5) is 11.4 Å². The van der Waals surface area contributed by atoms with Crippen molar-refractivity contribution in [3.05, 3.63) is 53.3 Å². The topological polar surface area (TPSA) is 45.2 Å². The zero-order valence-electron chi connectivity index (χ0n) is 11.6. The van der Waals surface area contributed by atoms with Gasteiger partial charge in [0.15, 0.2) is 0 Å². The lowest BCUT2D eigenvalue weighted by Crippen LogP contribution is -2.18. The molecule has 4 nitrogen and oxygen atoms in total. The van der Waals surface area contributed by atoms with Gasteiger partial charge in [0.25, 0.3) is 5.91 Å². The normalized spacial score (nSPS) is 14.2. The number of carbonyl (C=O) groups excluding carboxylic acids is 1. The number of rotatable bonds is 3. The van der Waals surface area contributed by atoms with Gasteiger partial charge < -0.3 is 10.2 Å². The van der Waals surface area contributed by atoms with Crippen molar-refractivity contribution >= 4 is 28.9 Å². The van der Waals surface area contributed by atoms with Crippen LogP contribution >= 0.6 is 11.6 Å². The molecule has 21 heavy (non-hydrogen) atoms. The number of anilines is 2. The SMILES string of the molecule is O=C(Nc1cc(N2CCCC2)ccc1Cl)c1ccncc1. The predicted molar refractivity (Wildman–Crippen MR) is 85.1 cm³/mol. The van der Waals surface area contributed by atoms with Crippen LogP contribution in [0.2, 0.25) is 5.02 Å². The second-order valence-corrected chi connectivity index (χ2v) is 5.46. The van der Waals surface area contributed by atoms with E-state index in [1.165, 1.54) is 12.8 Å². The van der Waals surface area contributed by atoms with E-state index >= 15 is 0 Å². The molecule has 0 aliphatic carbocycles. The number of pyridine rings is 1. The van der Waals surface area contributed by atoms with Crippen LogP contribution in [0.3, 0.4) is 0 Å². The maximum absolute atomic E-state index is 12.2. The van der Waals surface area contributed by atoms with Gasteiger partial charge in [-0.25, -0.2) is 0 Å². The van der Waals surface area contributed by atoms with E-state index in [0.717, 1.165) is 18.8 Å². The highest BCUT2D eigenvalue weighted by molar-refractivity contribution is 6.34. The summed E-state index contributed by atoms with van der Waals surface area (Å²) in [6.45, 7) is 2.11. The van der Waals surface area contributed by atoms with Crippen LogP contribution < -0.4 is 10.2 Å². The summed E-state index contributed by atoms with van der Waals surface area (Å²) in [6, 6.07) is 9.11. The minimum Gasteiger partial charge on any atom is -0.371 e. The quantitative estimate of drug-likeness (QED) is 0.942. The van der Waals surface area contributed by atoms with E-state index in [2.05, 4.69) is 15.2 Å². The van der Waals surface area contributed by atoms with Gasteiger partial charge in [-0.1, -0.05) is 11.6 Å². The molecular formula is C16H16ClN3O. The van der Waals surface area contributed by atoms with E-state index < -0.39 is 0 Å². The molecule has 1 aliphatic heterocycles. The second-order valence-electron chi connectivity index (χ2n) is 5.05. The van der Waals surface area contributed by atoms with Crippen molar-refractivity contribution in [2.45, 2.75) is 12.8 Å². The molecule has 0 unspecified atom stereocenters. The Hall–Kier alpha value is -2.07. The van der Waals surface area contributed by atoms with Gasteiger partial charge >= 0.3 is 0 Å². The first-order valence-electron chi connectivity index (χ1n) is 7.00. The highest BCUT2D eigenvalue weighted by atomic mass is 35.5. The van der Waals surface area contributed by atoms with E-state index in [0.29, 0.717) is 16.3 Å². The van der Waals surface area contributed by atoms with Gasteiger partial charge in [0.2, 0.25) is 0 Å². The average molecular weight is 302 g/mol. The van der Waals surface area contributed by atoms with E-state index in [1.807, 2.05) is 18.2 Å². The maximum atomic E-state index is 12.2. The van der Waals surface area contributed by atoms with Crippen LogP contribution in [0.25, 0.3) is 0 Å². The number of benzene rings is 1. The number of nitrogens with one attached hydrogen (secondary N) is 1. The van der Waals surface area contributed by atoms with Crippen LogP contribution in [-0.2, 0) is 0 Å². The van der Waals surface area contributed by atoms with Crippen LogP contribution in [-0.4, -0.2) is 24.0 Å². The third kappa shape index (κ3) is 3.16. The number of halogens is 1. The fourth-order valence-corrected chi connectivity index (χ4v) is 2.64. The molecule has 0 bridgehead atoms. The molecule has 1 aromatic carbocycles. The van der Waals surface area contributed by atoms with Gasteiger partial charge in [0.05, 0.1) is 10.7 Å². The van der Waals surface area contributed by atoms with Gasteiger partial charge in [0.1, 0.15) is 0 Å². The van der Waals surface area contributed by atoms with Crippen molar-refractivity contribution in [2.75, 3.05) is 23.3 Å². The third-order valence-corrected chi connectivity index (χ3v) is 3.94. The van der Waals surface area contributed by atoms with Crippen molar-refractivity contribution < 1.29 is 4.79 Å². The monoisotopic (exact) mass is 301 g/mol. The number of hydrogen-bond donors (Lipinski definition) is 1. The minimum atomic E-state index is -0.183. The number of aromatic nitrogens is 1. The third-order valence-electron chi connectivity index (χ3n) is 3.61. The molecular weight excluding hydrogens is 286 g/mol. The highest BCUT2D eigenvalue weighted by Crippen LogP contribution is 2.29. The summed E-state index contributed by atoms with van der Waals surface area (Å²) in [7, 11) is 0. The lowest BCUT2D eigenvalue weighted by molar-refractivity contribution is 0.102. The molecule has 1 fully saturated rings. The Balaban J connectivity index is 1.81. The molecule has 0 atom stereocenters. The Morgan fingerprint density at radius 2 is 1.86 bits per heavy atom. The zero-order valence-corrected chi connectivity index (χ0v) is 12.3. The summed E-state index contributed by atoms with van der Waals surface area (Å²) in [4.78, 5) is 18.4. The number of nitrogens with zero attached hydrogens (tertiary/aromatic N) is 2. The fourth-order valence-electron chi connectivity index (χ4n) is 2.48. The largest absolute Gasteiger partial charge is 0.371 e. The van der Waals surface area contributed by atoms with Gasteiger partial charge in [-0.05, 0) is 43.2 Å². The zero-order chi connectivity index (χ0) is 14.7. The summed E-state index contributed by atoms with van der Waals surface area (Å²) in [5.41, 5.74) is 2.30. The van der Waals surface area contributed by atoms with Crippen LogP contribution in [0.1, 0.15) is 23.2 Å². The first-order chi connectivity index (χ1) is 10.2. The molecule has 1 saturated heterocycles. The van der Waals surface area contributed by atoms with Crippen LogP contribution in [0.5, 0.6) is 0 Å². The van der Waals surface area contributed by atoms with E-state index in [-0.39, 0.29) is 5.91 Å². The van der Waals surface area contributed by atoms with Crippen molar-refractivity contribution in [3.63, 3.8) is 0 Å². The molecule has 2 aromatic rings. The summed E-state index contributed by atoms with van der Waals surface area (Å²) in [5.74, 6) is -0.183. The summed E-state index contributed by atoms with van der Waals surface area (Å²) in [6.07, 6.45) is 5.61. The number of amides is 1. The molecule has 108 valence electrons. The lowest BCUT2D eigenvalue weighted by atomic mass is 10.2. The van der Waals surface area contributed by atoms with E-state index in [9.17, 15) is 4.79 Å². The minimum absolute atomic E-state index is 0.183. The summed E-state index contributed by atoms with van der Waals surface area (Å²) >= 11 is 6.19. The highest BCUT2D eigenvalue weighted by Gasteiger charge is 2.15. The average Bonchev–Trinajstić information content (AvgIpc) is 3.04. The predicted octanol–water partition coefficient (Wildman–Crippen LogP) is 3.59. The Bertz CT molecular complexity index is 639. The first-order valence-corrected chi connectivity index (χ1v) is 7.38. The van der Waals surface area contributed by atoms with E-state index in [4.69, 9.17) is 11.6 Å². The molecule has 3 rings (SSSR count). The smallest absolute Gasteiger partial charge is 0.255 e. The Labute approximate surface area is 128 Å². The van der Waals surface area contributed by atoms with Crippen molar-refractivity contribution in [1.82, 2.24) is 4.98 Å². The standard InChI is InChI=1S/C16H16ClN3O/c17-14-4-3-13(20-9-1-2-10-20)11-15(14)19-16(21)12-5-7-18-8-6-12/h3-8,11H,1-2,9-10H2,(H,19,21). The molecule has 1 amide bonds. The molecule has 5 heteroatoms. The second kappa shape index (κ2) is 6.14. The van der Waals surface area contributed by atoms with E-state index in [1.54, 1.807) is 24.5 Å². The lowest BCUT2D eigenvalue weighted by Gasteiger charge is -2.19. The van der Waals surface area contributed by atoms with Gasteiger partial charge in [0, 0.05) is 36.7 Å². The van der Waals surface area contributed by atoms with Gasteiger partial charge in [-0.15, -0.1) is 0 Å². The van der Waals surface area contributed by atoms with Crippen LogP contribution in [0.15, 0.2) is 42.7 Å². The molecule has 1 N–H and O–H groups in total. The maximum Gasteiger partial charge on any atom is 0.255 e. The summed E-state index contributed by atoms with van der Waals surface area (Å²) < 4.78 is 0. The molecule has 0 radical (unpaired) electrons. The van der Waals surface area contributed by atoms with Gasteiger partial charge in [-0.2, -0.15) is 0 Å². The molecule has 2 heterocycles. The Morgan fingerprint density at radius 1 is 1.14 bits per heavy atom. The van der Waals surface area contributed by atoms with Crippen molar-refractivity contribution in [2.24, 2.45) is 0 Å². The van der Waals surface area contributed by atoms with Gasteiger partial charge in [-0.3, -0.25) is 9.78 Å².